The highest BCUT2D eigenvalue weighted by Gasteiger charge is 2.51. The van der Waals surface area contributed by atoms with Gasteiger partial charge in [-0.3, -0.25) is 0 Å². The normalized spacial score (nSPS) is 15.2. The first kappa shape index (κ1) is 35.1. The molecule has 0 amide bonds. The van der Waals surface area contributed by atoms with E-state index in [2.05, 4.69) is 181 Å². The largest absolute Gasteiger partial charge is 0.456 e. The number of nitrogens with zero attached hydrogens (tertiary/aromatic N) is 2. The summed E-state index contributed by atoms with van der Waals surface area (Å²) in [5.41, 5.74) is 14.4. The van der Waals surface area contributed by atoms with Gasteiger partial charge in [0.15, 0.2) is 6.17 Å². The third-order valence-corrected chi connectivity index (χ3v) is 11.4. The van der Waals surface area contributed by atoms with Crippen LogP contribution in [0.2, 0.25) is 0 Å². The van der Waals surface area contributed by atoms with Gasteiger partial charge in [-0.15, -0.1) is 0 Å². The predicted octanol–water partition coefficient (Wildman–Crippen LogP) is 13.0. The first-order valence-corrected chi connectivity index (χ1v) is 20.1. The fourth-order valence-electron chi connectivity index (χ4n) is 8.88. The smallest absolute Gasteiger partial charge is 0.169 e. The number of rotatable bonds is 5. The average Bonchev–Trinajstić information content (AvgIpc) is 3.60. The van der Waals surface area contributed by atoms with Crippen molar-refractivity contribution in [2.24, 2.45) is 9.98 Å². The lowest BCUT2D eigenvalue weighted by atomic mass is 9.65. The quantitative estimate of drug-likeness (QED) is 0.191. The molecule has 0 fully saturated rings. The second-order valence-corrected chi connectivity index (χ2v) is 14.5. The van der Waals surface area contributed by atoms with Crippen LogP contribution in [-0.4, -0.2) is 11.7 Å². The number of ether oxygens (including phenoxy) is 1. The van der Waals surface area contributed by atoms with Crippen LogP contribution in [0.5, 0.6) is 11.5 Å². The van der Waals surface area contributed by atoms with Crippen LogP contribution in [0.3, 0.4) is 0 Å². The van der Waals surface area contributed by atoms with Crippen molar-refractivity contribution in [2.75, 3.05) is 0 Å². The summed E-state index contributed by atoms with van der Waals surface area (Å²) in [5, 5.41) is 3.55. The van der Waals surface area contributed by atoms with E-state index in [0.29, 0.717) is 0 Å². The van der Waals surface area contributed by atoms with Crippen LogP contribution in [0.1, 0.15) is 59.0 Å². The maximum Gasteiger partial charge on any atom is 0.169 e. The van der Waals surface area contributed by atoms with Gasteiger partial charge in [-0.1, -0.05) is 208 Å². The molecule has 58 heavy (non-hydrogen) atoms. The van der Waals surface area contributed by atoms with E-state index in [1.165, 1.54) is 33.4 Å². The fourth-order valence-corrected chi connectivity index (χ4v) is 8.88. The molecule has 278 valence electrons. The van der Waals surface area contributed by atoms with Crippen LogP contribution in [0.15, 0.2) is 210 Å². The second kappa shape index (κ2) is 14.6. The van der Waals surface area contributed by atoms with E-state index >= 15 is 0 Å². The molecule has 0 bridgehead atoms. The molecule has 0 saturated carbocycles. The number of nitrogens with one attached hydrogen (secondary N) is 1. The Morgan fingerprint density at radius 2 is 0.845 bits per heavy atom. The highest BCUT2D eigenvalue weighted by molar-refractivity contribution is 6.16. The van der Waals surface area contributed by atoms with E-state index in [0.717, 1.165) is 62.1 Å². The summed E-state index contributed by atoms with van der Waals surface area (Å²) >= 11 is 0. The van der Waals surface area contributed by atoms with Crippen LogP contribution in [0.4, 0.5) is 0 Å². The molecule has 1 aliphatic carbocycles. The van der Waals surface area contributed by atoms with Gasteiger partial charge in [0, 0.05) is 27.8 Å². The van der Waals surface area contributed by atoms with E-state index in [1.807, 2.05) is 38.1 Å². The summed E-state index contributed by atoms with van der Waals surface area (Å²) < 4.78 is 6.94. The fraction of sp³-hybridized carbons (Fsp3) is 0.0741. The zero-order valence-corrected chi connectivity index (χ0v) is 32.4. The van der Waals surface area contributed by atoms with Crippen LogP contribution < -0.4 is 10.1 Å². The number of aliphatic imine (C=N–C) groups is 2. The molecule has 4 heteroatoms. The summed E-state index contributed by atoms with van der Waals surface area (Å²) in [4.78, 5) is 10.3. The standard InChI is InChI=1S/C52H35N3O.C2H6/c1-3-14-34(15-4-1)35-26-30-38(31-27-35)50-53-49(37-16-5-2-6-17-37)54-51(55-50)39-32-28-36(29-33-39)40-20-13-24-46-48(40)56-47-25-12-11-23-45(47)52(46)43-21-9-7-18-41(43)42-19-8-10-22-44(42)52;1-2/h1-33,51H,(H,53,54,55);1-2H3. The molecule has 4 nitrogen and oxygen atoms in total. The van der Waals surface area contributed by atoms with Gasteiger partial charge >= 0.3 is 0 Å². The Bertz CT molecular complexity index is 2800. The van der Waals surface area contributed by atoms with Gasteiger partial charge in [0.2, 0.25) is 0 Å². The Kier molecular flexibility index (Phi) is 8.88. The maximum absolute atomic E-state index is 6.94. The number of amidine groups is 2. The molecule has 0 aromatic heterocycles. The summed E-state index contributed by atoms with van der Waals surface area (Å²) in [5.74, 6) is 3.35. The summed E-state index contributed by atoms with van der Waals surface area (Å²) in [7, 11) is 0. The van der Waals surface area contributed by atoms with Crippen molar-refractivity contribution in [1.82, 2.24) is 5.32 Å². The number of para-hydroxylation sites is 2. The highest BCUT2D eigenvalue weighted by Crippen LogP contribution is 2.63. The molecule has 0 radical (unpaired) electrons. The Balaban J connectivity index is 0.00000201. The minimum Gasteiger partial charge on any atom is -0.456 e. The van der Waals surface area contributed by atoms with Crippen molar-refractivity contribution in [3.8, 4) is 44.9 Å². The van der Waals surface area contributed by atoms with Crippen molar-refractivity contribution < 1.29 is 4.74 Å². The first-order chi connectivity index (χ1) is 28.8. The topological polar surface area (TPSA) is 46.0 Å². The molecule has 11 rings (SSSR count). The van der Waals surface area contributed by atoms with Crippen LogP contribution in [0, 0.1) is 0 Å². The molecule has 1 atom stereocenters. The maximum atomic E-state index is 6.94. The van der Waals surface area contributed by atoms with E-state index in [1.54, 1.807) is 0 Å². The van der Waals surface area contributed by atoms with E-state index in [-0.39, 0.29) is 0 Å². The van der Waals surface area contributed by atoms with Crippen molar-refractivity contribution in [3.63, 3.8) is 0 Å². The minimum absolute atomic E-state index is 0.424. The SMILES string of the molecule is CC.c1ccc(C2=NC(c3ccc(-c4cccc5c4Oc4ccccc4C54c5ccccc5-c5ccccc54)cc3)N=C(c3ccc(-c4ccccc4)cc3)N2)cc1. The lowest BCUT2D eigenvalue weighted by Crippen LogP contribution is -2.36. The third kappa shape index (κ3) is 5.68. The lowest BCUT2D eigenvalue weighted by Gasteiger charge is -2.40. The number of hydrogen-bond donors (Lipinski definition) is 1. The van der Waals surface area contributed by atoms with Crippen molar-refractivity contribution in [1.29, 1.82) is 0 Å². The Morgan fingerprint density at radius 3 is 1.48 bits per heavy atom. The summed E-state index contributed by atoms with van der Waals surface area (Å²) in [6.45, 7) is 4.00. The summed E-state index contributed by atoms with van der Waals surface area (Å²) in [6, 6.07) is 70.8. The molecule has 3 aliphatic rings. The van der Waals surface area contributed by atoms with Gasteiger partial charge in [-0.2, -0.15) is 0 Å². The van der Waals surface area contributed by atoms with Gasteiger partial charge in [-0.05, 0) is 50.6 Å². The molecular weight excluding hydrogens is 707 g/mol. The molecule has 2 aliphatic heterocycles. The monoisotopic (exact) mass is 747 g/mol. The van der Waals surface area contributed by atoms with E-state index < -0.39 is 11.6 Å². The lowest BCUT2D eigenvalue weighted by molar-refractivity contribution is 0.438. The Hall–Kier alpha value is -7.30. The van der Waals surface area contributed by atoms with E-state index in [9.17, 15) is 0 Å². The molecule has 0 saturated heterocycles. The molecular formula is C54H41N3O. The Labute approximate surface area is 339 Å². The van der Waals surface area contributed by atoms with Crippen molar-refractivity contribution in [2.45, 2.75) is 25.4 Å². The second-order valence-electron chi connectivity index (χ2n) is 14.5. The summed E-state index contributed by atoms with van der Waals surface area (Å²) in [6.07, 6.45) is -0.424. The van der Waals surface area contributed by atoms with Gasteiger partial charge in [0.05, 0.1) is 5.41 Å². The van der Waals surface area contributed by atoms with Gasteiger partial charge < -0.3 is 10.1 Å². The van der Waals surface area contributed by atoms with Crippen LogP contribution in [-0.2, 0) is 5.41 Å². The minimum atomic E-state index is -0.505. The van der Waals surface area contributed by atoms with Gasteiger partial charge in [-0.25, -0.2) is 9.98 Å². The Morgan fingerprint density at radius 1 is 0.397 bits per heavy atom. The first-order valence-electron chi connectivity index (χ1n) is 20.1. The van der Waals surface area contributed by atoms with Crippen LogP contribution in [0.25, 0.3) is 33.4 Å². The zero-order chi connectivity index (χ0) is 39.1. The van der Waals surface area contributed by atoms with Gasteiger partial charge in [0.25, 0.3) is 0 Å². The number of benzene rings is 8. The number of fused-ring (bicyclic) bond motifs is 9. The molecule has 8 aromatic rings. The van der Waals surface area contributed by atoms with E-state index in [4.69, 9.17) is 14.7 Å². The molecule has 8 aromatic carbocycles. The predicted molar refractivity (Wildman–Crippen MR) is 238 cm³/mol. The van der Waals surface area contributed by atoms with Crippen molar-refractivity contribution >= 4 is 11.7 Å². The zero-order valence-electron chi connectivity index (χ0n) is 32.4. The molecule has 1 N–H and O–H groups in total. The average molecular weight is 748 g/mol. The molecule has 2 heterocycles. The highest BCUT2D eigenvalue weighted by atomic mass is 16.5. The third-order valence-electron chi connectivity index (χ3n) is 11.4. The van der Waals surface area contributed by atoms with Crippen molar-refractivity contribution in [3.05, 3.63) is 239 Å². The number of hydrogen-bond acceptors (Lipinski definition) is 4. The van der Waals surface area contributed by atoms with Gasteiger partial charge in [0.1, 0.15) is 23.2 Å². The molecule has 1 unspecified atom stereocenters. The molecule has 1 spiro atoms. The van der Waals surface area contributed by atoms with Crippen LogP contribution >= 0.6 is 0 Å².